The van der Waals surface area contributed by atoms with Crippen molar-refractivity contribution in [3.8, 4) is 0 Å². The summed E-state index contributed by atoms with van der Waals surface area (Å²) in [5.41, 5.74) is 0.902. The SMILES string of the molecule is CC(=O)Cc1cn(C2CCC2)cn1. The van der Waals surface area contributed by atoms with Gasteiger partial charge in [0.15, 0.2) is 0 Å². The number of nitrogens with zero attached hydrogens (tertiary/aromatic N) is 2. The third-order valence-corrected chi connectivity index (χ3v) is 2.58. The molecule has 1 heterocycles. The van der Waals surface area contributed by atoms with E-state index in [1.165, 1.54) is 19.3 Å². The Balaban J connectivity index is 2.04. The Morgan fingerprint density at radius 2 is 2.46 bits per heavy atom. The first-order valence-corrected chi connectivity index (χ1v) is 4.77. The standard InChI is InChI=1S/C10H14N2O/c1-8(13)5-9-6-12(7-11-9)10-3-2-4-10/h6-7,10H,2-5H2,1H3. The Morgan fingerprint density at radius 3 is 3.00 bits per heavy atom. The number of carbonyl (C=O) groups excluding carboxylic acids is 1. The predicted molar refractivity (Wildman–Crippen MR) is 49.5 cm³/mol. The van der Waals surface area contributed by atoms with Crippen LogP contribution in [0, 0.1) is 0 Å². The van der Waals surface area contributed by atoms with Gasteiger partial charge >= 0.3 is 0 Å². The van der Waals surface area contributed by atoms with Crippen molar-refractivity contribution in [2.45, 2.75) is 38.6 Å². The molecule has 0 amide bonds. The lowest BCUT2D eigenvalue weighted by Gasteiger charge is -2.26. The largest absolute Gasteiger partial charge is 0.334 e. The van der Waals surface area contributed by atoms with Gasteiger partial charge in [0, 0.05) is 18.7 Å². The van der Waals surface area contributed by atoms with Crippen molar-refractivity contribution in [1.29, 1.82) is 0 Å². The van der Waals surface area contributed by atoms with Gasteiger partial charge in [-0.05, 0) is 26.2 Å². The Labute approximate surface area is 77.8 Å². The molecule has 1 aliphatic carbocycles. The first kappa shape index (κ1) is 8.48. The van der Waals surface area contributed by atoms with Gasteiger partial charge in [0.2, 0.25) is 0 Å². The summed E-state index contributed by atoms with van der Waals surface area (Å²) in [6.45, 7) is 1.60. The summed E-state index contributed by atoms with van der Waals surface area (Å²) in [5.74, 6) is 0.179. The van der Waals surface area contributed by atoms with Crippen LogP contribution in [0.15, 0.2) is 12.5 Å². The van der Waals surface area contributed by atoms with E-state index in [0.717, 1.165) is 5.69 Å². The average Bonchev–Trinajstić information content (AvgIpc) is 2.31. The maximum atomic E-state index is 10.8. The average molecular weight is 178 g/mol. The molecule has 1 aliphatic rings. The van der Waals surface area contributed by atoms with E-state index >= 15 is 0 Å². The van der Waals surface area contributed by atoms with Gasteiger partial charge in [0.05, 0.1) is 12.0 Å². The Hall–Kier alpha value is -1.12. The number of rotatable bonds is 3. The molecule has 1 aromatic heterocycles. The van der Waals surface area contributed by atoms with Crippen LogP contribution in [0.3, 0.4) is 0 Å². The van der Waals surface area contributed by atoms with Gasteiger partial charge in [-0.1, -0.05) is 0 Å². The van der Waals surface area contributed by atoms with Gasteiger partial charge < -0.3 is 4.57 Å². The molecule has 3 nitrogen and oxygen atoms in total. The van der Waals surface area contributed by atoms with E-state index in [0.29, 0.717) is 12.5 Å². The van der Waals surface area contributed by atoms with E-state index in [9.17, 15) is 4.79 Å². The molecule has 0 aromatic carbocycles. The maximum absolute atomic E-state index is 10.8. The molecule has 1 fully saturated rings. The molecule has 0 unspecified atom stereocenters. The lowest BCUT2D eigenvalue weighted by molar-refractivity contribution is -0.116. The lowest BCUT2D eigenvalue weighted by Crippen LogP contribution is -2.15. The number of hydrogen-bond acceptors (Lipinski definition) is 2. The van der Waals surface area contributed by atoms with Crippen LogP contribution in [0.4, 0.5) is 0 Å². The van der Waals surface area contributed by atoms with E-state index in [1.807, 2.05) is 12.5 Å². The third kappa shape index (κ3) is 1.79. The third-order valence-electron chi connectivity index (χ3n) is 2.58. The number of carbonyl (C=O) groups is 1. The van der Waals surface area contributed by atoms with Crippen LogP contribution < -0.4 is 0 Å². The minimum atomic E-state index is 0.179. The molecule has 0 atom stereocenters. The first-order chi connectivity index (χ1) is 6.25. The van der Waals surface area contributed by atoms with E-state index < -0.39 is 0 Å². The zero-order valence-corrected chi connectivity index (χ0v) is 7.86. The van der Waals surface area contributed by atoms with Crippen molar-refractivity contribution in [2.24, 2.45) is 0 Å². The van der Waals surface area contributed by atoms with Gasteiger partial charge in [0.1, 0.15) is 5.78 Å². The molecule has 1 aromatic rings. The minimum absolute atomic E-state index is 0.179. The lowest BCUT2D eigenvalue weighted by atomic mass is 9.93. The summed E-state index contributed by atoms with van der Waals surface area (Å²) < 4.78 is 2.14. The summed E-state index contributed by atoms with van der Waals surface area (Å²) >= 11 is 0. The highest BCUT2D eigenvalue weighted by Gasteiger charge is 2.19. The molecular formula is C10H14N2O. The summed E-state index contributed by atoms with van der Waals surface area (Å²) in [4.78, 5) is 15.0. The molecule has 0 bridgehead atoms. The smallest absolute Gasteiger partial charge is 0.135 e. The Bertz CT molecular complexity index is 312. The van der Waals surface area contributed by atoms with Crippen molar-refractivity contribution in [1.82, 2.24) is 9.55 Å². The van der Waals surface area contributed by atoms with E-state index in [4.69, 9.17) is 0 Å². The van der Waals surface area contributed by atoms with E-state index in [1.54, 1.807) is 6.92 Å². The van der Waals surface area contributed by atoms with E-state index in [-0.39, 0.29) is 5.78 Å². The molecule has 0 radical (unpaired) electrons. The number of imidazole rings is 1. The monoisotopic (exact) mass is 178 g/mol. The fraction of sp³-hybridized carbons (Fsp3) is 0.600. The zero-order valence-electron chi connectivity index (χ0n) is 7.86. The number of Topliss-reactive ketones (excluding diaryl/α,β-unsaturated/α-hetero) is 1. The van der Waals surface area contributed by atoms with Gasteiger partial charge in [-0.15, -0.1) is 0 Å². The summed E-state index contributed by atoms with van der Waals surface area (Å²) in [6, 6.07) is 0.646. The van der Waals surface area contributed by atoms with Gasteiger partial charge in [-0.25, -0.2) is 4.98 Å². The molecule has 1 saturated carbocycles. The summed E-state index contributed by atoms with van der Waals surface area (Å²) in [7, 11) is 0. The molecule has 0 N–H and O–H groups in total. The molecular weight excluding hydrogens is 164 g/mol. The van der Waals surface area contributed by atoms with Crippen LogP contribution in [-0.2, 0) is 11.2 Å². The van der Waals surface area contributed by atoms with Gasteiger partial charge in [-0.3, -0.25) is 4.79 Å². The highest BCUT2D eigenvalue weighted by Crippen LogP contribution is 2.31. The highest BCUT2D eigenvalue weighted by molar-refractivity contribution is 5.77. The van der Waals surface area contributed by atoms with Gasteiger partial charge in [0.25, 0.3) is 0 Å². The highest BCUT2D eigenvalue weighted by atomic mass is 16.1. The second-order valence-corrected chi connectivity index (χ2v) is 3.78. The molecule has 0 saturated heterocycles. The Kier molecular flexibility index (Phi) is 2.17. The van der Waals surface area contributed by atoms with Crippen molar-refractivity contribution in [2.75, 3.05) is 0 Å². The van der Waals surface area contributed by atoms with Crippen LogP contribution in [-0.4, -0.2) is 15.3 Å². The van der Waals surface area contributed by atoms with Gasteiger partial charge in [-0.2, -0.15) is 0 Å². The fourth-order valence-corrected chi connectivity index (χ4v) is 1.61. The molecule has 3 heteroatoms. The molecule has 70 valence electrons. The topological polar surface area (TPSA) is 34.9 Å². The van der Waals surface area contributed by atoms with Crippen LogP contribution in [0.5, 0.6) is 0 Å². The van der Waals surface area contributed by atoms with Crippen molar-refractivity contribution in [3.05, 3.63) is 18.2 Å². The minimum Gasteiger partial charge on any atom is -0.334 e. The van der Waals surface area contributed by atoms with Crippen LogP contribution >= 0.6 is 0 Å². The molecule has 13 heavy (non-hydrogen) atoms. The Morgan fingerprint density at radius 1 is 1.69 bits per heavy atom. The maximum Gasteiger partial charge on any atom is 0.135 e. The zero-order chi connectivity index (χ0) is 9.26. The summed E-state index contributed by atoms with van der Waals surface area (Å²) in [5, 5.41) is 0. The molecule has 0 spiro atoms. The quantitative estimate of drug-likeness (QED) is 0.706. The van der Waals surface area contributed by atoms with Crippen LogP contribution in [0.2, 0.25) is 0 Å². The van der Waals surface area contributed by atoms with Crippen molar-refractivity contribution in [3.63, 3.8) is 0 Å². The number of ketones is 1. The molecule has 0 aliphatic heterocycles. The van der Waals surface area contributed by atoms with Crippen molar-refractivity contribution >= 4 is 5.78 Å². The van der Waals surface area contributed by atoms with Crippen molar-refractivity contribution < 1.29 is 4.79 Å². The van der Waals surface area contributed by atoms with Crippen LogP contribution in [0.25, 0.3) is 0 Å². The predicted octanol–water partition coefficient (Wildman–Crippen LogP) is 1.74. The normalized spacial score (nSPS) is 17.0. The fourth-order valence-electron chi connectivity index (χ4n) is 1.61. The summed E-state index contributed by atoms with van der Waals surface area (Å²) in [6.07, 6.45) is 8.17. The number of aromatic nitrogens is 2. The first-order valence-electron chi connectivity index (χ1n) is 4.77. The van der Waals surface area contributed by atoms with Crippen LogP contribution in [0.1, 0.15) is 37.9 Å². The van der Waals surface area contributed by atoms with E-state index in [2.05, 4.69) is 9.55 Å². The molecule has 2 rings (SSSR count). The number of hydrogen-bond donors (Lipinski definition) is 0. The second-order valence-electron chi connectivity index (χ2n) is 3.78. The second kappa shape index (κ2) is 3.32.